The highest BCUT2D eigenvalue weighted by Crippen LogP contribution is 2.55. The summed E-state index contributed by atoms with van der Waals surface area (Å²) < 4.78 is 0. The minimum atomic E-state index is -0.297. The molecule has 0 saturated heterocycles. The van der Waals surface area contributed by atoms with Crippen LogP contribution < -0.4 is 0 Å². The molecular formula is C30H36O3. The van der Waals surface area contributed by atoms with Gasteiger partial charge in [0.1, 0.15) is 17.2 Å². The first kappa shape index (κ1) is 23.2. The molecule has 3 heteroatoms. The Hall–Kier alpha value is -2.94. The van der Waals surface area contributed by atoms with Gasteiger partial charge in [-0.2, -0.15) is 0 Å². The van der Waals surface area contributed by atoms with Crippen LogP contribution in [-0.2, 0) is 10.8 Å². The van der Waals surface area contributed by atoms with E-state index in [0.717, 1.165) is 46.2 Å². The molecule has 0 amide bonds. The molecule has 3 aromatic rings. The van der Waals surface area contributed by atoms with Gasteiger partial charge in [0.15, 0.2) is 0 Å². The third kappa shape index (κ3) is 3.32. The Kier molecular flexibility index (Phi) is 5.31. The van der Waals surface area contributed by atoms with Crippen molar-refractivity contribution in [3.8, 4) is 17.2 Å². The smallest absolute Gasteiger partial charge is 0.121 e. The van der Waals surface area contributed by atoms with E-state index < -0.39 is 0 Å². The summed E-state index contributed by atoms with van der Waals surface area (Å²) in [7, 11) is 0. The van der Waals surface area contributed by atoms with Gasteiger partial charge in [-0.3, -0.25) is 0 Å². The van der Waals surface area contributed by atoms with Gasteiger partial charge in [0.2, 0.25) is 0 Å². The van der Waals surface area contributed by atoms with E-state index in [1.807, 2.05) is 41.5 Å². The fourth-order valence-electron chi connectivity index (χ4n) is 6.02. The first-order valence-electron chi connectivity index (χ1n) is 11.8. The van der Waals surface area contributed by atoms with Gasteiger partial charge < -0.3 is 15.3 Å². The second kappa shape index (κ2) is 7.55. The maximum Gasteiger partial charge on any atom is 0.121 e. The Morgan fingerprint density at radius 3 is 1.36 bits per heavy atom. The van der Waals surface area contributed by atoms with Gasteiger partial charge >= 0.3 is 0 Å². The molecule has 0 aliphatic heterocycles. The van der Waals surface area contributed by atoms with Crippen molar-refractivity contribution in [2.24, 2.45) is 0 Å². The van der Waals surface area contributed by atoms with Crippen LogP contribution >= 0.6 is 0 Å². The van der Waals surface area contributed by atoms with E-state index >= 15 is 0 Å². The molecule has 33 heavy (non-hydrogen) atoms. The number of benzene rings is 3. The van der Waals surface area contributed by atoms with E-state index in [4.69, 9.17) is 0 Å². The van der Waals surface area contributed by atoms with Gasteiger partial charge in [0.25, 0.3) is 0 Å². The minimum Gasteiger partial charge on any atom is -0.507 e. The Bertz CT molecular complexity index is 1240. The van der Waals surface area contributed by atoms with Gasteiger partial charge in [-0.25, -0.2) is 0 Å². The van der Waals surface area contributed by atoms with Crippen LogP contribution in [0.5, 0.6) is 17.2 Å². The molecule has 1 aliphatic carbocycles. The molecule has 3 nitrogen and oxygen atoms in total. The summed E-state index contributed by atoms with van der Waals surface area (Å²) in [4.78, 5) is 0. The number of fused-ring (bicyclic) bond motifs is 1. The number of hydrogen-bond donors (Lipinski definition) is 3. The van der Waals surface area contributed by atoms with E-state index in [0.29, 0.717) is 17.2 Å². The van der Waals surface area contributed by atoms with E-state index in [-0.39, 0.29) is 10.8 Å². The fourth-order valence-corrected chi connectivity index (χ4v) is 6.02. The van der Waals surface area contributed by atoms with Crippen molar-refractivity contribution in [3.05, 3.63) is 86.0 Å². The summed E-state index contributed by atoms with van der Waals surface area (Å²) in [6.45, 7) is 16.4. The standard InChI is InChI=1S/C30H36O3/c1-16-11-22(12-17(2)26(16)31)29(7)9-10-30(8,23-13-18(3)27(32)19(4)14-23)25-21(6)28(33)20(5)15-24(25)29/h11-15,31-33H,9-10H2,1-8H3/t29-,30-/m1/s1. The number of hydrogen-bond acceptors (Lipinski definition) is 3. The summed E-state index contributed by atoms with van der Waals surface area (Å²) in [5, 5.41) is 31.8. The first-order valence-corrected chi connectivity index (χ1v) is 11.8. The van der Waals surface area contributed by atoms with Crippen molar-refractivity contribution in [1.82, 2.24) is 0 Å². The lowest BCUT2D eigenvalue weighted by Gasteiger charge is -2.47. The summed E-state index contributed by atoms with van der Waals surface area (Å²) in [5.41, 5.74) is 9.56. The minimum absolute atomic E-state index is 0.248. The van der Waals surface area contributed by atoms with Crippen molar-refractivity contribution in [3.63, 3.8) is 0 Å². The fraction of sp³-hybridized carbons (Fsp3) is 0.400. The van der Waals surface area contributed by atoms with Crippen molar-refractivity contribution in [2.45, 2.75) is 79.1 Å². The zero-order chi connectivity index (χ0) is 24.5. The second-order valence-corrected chi connectivity index (χ2v) is 10.7. The SMILES string of the molecule is Cc1cc([C@@]2(C)CC[C@](C)(c3cc(C)c(O)c(C)c3)c3c2cc(C)c(O)c3C)cc(C)c1O. The van der Waals surface area contributed by atoms with E-state index in [1.54, 1.807) is 0 Å². The number of aryl methyl sites for hydroxylation is 5. The van der Waals surface area contributed by atoms with Gasteiger partial charge in [-0.15, -0.1) is 0 Å². The average Bonchev–Trinajstić information content (AvgIpc) is 2.76. The number of phenolic OH excluding ortho intramolecular Hbond substituents is 3. The maximum atomic E-state index is 11.0. The van der Waals surface area contributed by atoms with Crippen molar-refractivity contribution >= 4 is 0 Å². The topological polar surface area (TPSA) is 60.7 Å². The molecule has 0 spiro atoms. The predicted molar refractivity (Wildman–Crippen MR) is 135 cm³/mol. The summed E-state index contributed by atoms with van der Waals surface area (Å²) >= 11 is 0. The summed E-state index contributed by atoms with van der Waals surface area (Å²) in [6, 6.07) is 10.6. The molecule has 0 bridgehead atoms. The van der Waals surface area contributed by atoms with E-state index in [2.05, 4.69) is 44.2 Å². The van der Waals surface area contributed by atoms with Gasteiger partial charge in [0, 0.05) is 10.8 Å². The third-order valence-electron chi connectivity index (χ3n) is 8.26. The lowest BCUT2D eigenvalue weighted by molar-refractivity contribution is 0.361. The Morgan fingerprint density at radius 1 is 0.545 bits per heavy atom. The van der Waals surface area contributed by atoms with Gasteiger partial charge in [-0.1, -0.05) is 44.2 Å². The molecular weight excluding hydrogens is 408 g/mol. The molecule has 0 unspecified atom stereocenters. The van der Waals surface area contributed by atoms with Crippen LogP contribution in [0.25, 0.3) is 0 Å². The predicted octanol–water partition coefficient (Wildman–Crippen LogP) is 7.06. The van der Waals surface area contributed by atoms with Crippen LogP contribution in [0.15, 0.2) is 30.3 Å². The lowest BCUT2D eigenvalue weighted by Crippen LogP contribution is -2.40. The monoisotopic (exact) mass is 444 g/mol. The third-order valence-corrected chi connectivity index (χ3v) is 8.26. The first-order chi connectivity index (χ1) is 15.3. The van der Waals surface area contributed by atoms with Gasteiger partial charge in [0.05, 0.1) is 0 Å². The highest BCUT2D eigenvalue weighted by atomic mass is 16.3. The van der Waals surface area contributed by atoms with E-state index in [9.17, 15) is 15.3 Å². The second-order valence-electron chi connectivity index (χ2n) is 10.7. The number of rotatable bonds is 2. The molecule has 1 aliphatic rings. The van der Waals surface area contributed by atoms with Crippen LogP contribution in [0.1, 0.15) is 82.3 Å². The molecule has 0 aromatic heterocycles. The molecule has 0 saturated carbocycles. The molecule has 174 valence electrons. The highest BCUT2D eigenvalue weighted by molar-refractivity contribution is 5.62. The van der Waals surface area contributed by atoms with Crippen molar-refractivity contribution in [2.75, 3.05) is 0 Å². The molecule has 0 fully saturated rings. The van der Waals surface area contributed by atoms with Gasteiger partial charge in [-0.05, 0) is 110 Å². The quantitative estimate of drug-likeness (QED) is 0.396. The zero-order valence-corrected chi connectivity index (χ0v) is 21.1. The van der Waals surface area contributed by atoms with Crippen LogP contribution in [0.4, 0.5) is 0 Å². The Labute approximate surface area is 197 Å². The zero-order valence-electron chi connectivity index (χ0n) is 21.1. The Balaban J connectivity index is 2.05. The van der Waals surface area contributed by atoms with Crippen LogP contribution in [-0.4, -0.2) is 15.3 Å². The number of aromatic hydroxyl groups is 3. The van der Waals surface area contributed by atoms with Crippen LogP contribution in [0.3, 0.4) is 0 Å². The summed E-state index contributed by atoms with van der Waals surface area (Å²) in [5.74, 6) is 1.06. The molecule has 2 atom stereocenters. The maximum absolute atomic E-state index is 11.0. The molecule has 0 heterocycles. The molecule has 4 rings (SSSR count). The summed E-state index contributed by atoms with van der Waals surface area (Å²) in [6.07, 6.45) is 1.84. The lowest BCUT2D eigenvalue weighted by atomic mass is 9.56. The largest absolute Gasteiger partial charge is 0.507 e. The number of phenols is 3. The average molecular weight is 445 g/mol. The normalized spacial score (nSPS) is 22.3. The van der Waals surface area contributed by atoms with E-state index in [1.165, 1.54) is 22.3 Å². The van der Waals surface area contributed by atoms with Crippen LogP contribution in [0.2, 0.25) is 0 Å². The van der Waals surface area contributed by atoms with Crippen LogP contribution in [0, 0.1) is 41.5 Å². The Morgan fingerprint density at radius 2 is 0.909 bits per heavy atom. The van der Waals surface area contributed by atoms with Crippen molar-refractivity contribution in [1.29, 1.82) is 0 Å². The molecule has 3 N–H and O–H groups in total. The molecule has 0 radical (unpaired) electrons. The highest BCUT2D eigenvalue weighted by Gasteiger charge is 2.46. The molecule has 3 aromatic carbocycles. The van der Waals surface area contributed by atoms with Crippen molar-refractivity contribution < 1.29 is 15.3 Å².